The maximum atomic E-state index is 12.7. The number of hydrogen-bond acceptors (Lipinski definition) is 3. The Bertz CT molecular complexity index is 945. The quantitative estimate of drug-likeness (QED) is 0.787. The summed E-state index contributed by atoms with van der Waals surface area (Å²) in [5, 5.41) is 3.61. The van der Waals surface area contributed by atoms with Gasteiger partial charge in [-0.2, -0.15) is 0 Å². The molecule has 26 heavy (non-hydrogen) atoms. The highest BCUT2D eigenvalue weighted by Crippen LogP contribution is 2.29. The molecule has 1 atom stereocenters. The third-order valence-electron chi connectivity index (χ3n) is 3.95. The van der Waals surface area contributed by atoms with E-state index >= 15 is 0 Å². The van der Waals surface area contributed by atoms with Gasteiger partial charge in [0.15, 0.2) is 0 Å². The Morgan fingerprint density at radius 2 is 1.58 bits per heavy atom. The largest absolute Gasteiger partial charge is 0.324 e. The summed E-state index contributed by atoms with van der Waals surface area (Å²) in [7, 11) is -3.72. The van der Waals surface area contributed by atoms with Gasteiger partial charge in [-0.1, -0.05) is 35.3 Å². The summed E-state index contributed by atoms with van der Waals surface area (Å²) in [5.74, 6) is -0.472. The predicted octanol–water partition coefficient (Wildman–Crippen LogP) is 4.40. The van der Waals surface area contributed by atoms with Crippen LogP contribution in [0, 0.1) is 13.8 Å². The molecule has 2 rings (SSSR count). The molecule has 0 radical (unpaired) electrons. The second kappa shape index (κ2) is 7.86. The van der Waals surface area contributed by atoms with Crippen molar-refractivity contribution < 1.29 is 13.2 Å². The first-order valence-electron chi connectivity index (χ1n) is 7.83. The van der Waals surface area contributed by atoms with Crippen molar-refractivity contribution in [2.75, 3.05) is 15.9 Å². The number of anilines is 2. The van der Waals surface area contributed by atoms with Gasteiger partial charge in [-0.05, 0) is 56.2 Å². The number of aryl methyl sites for hydroxylation is 2. The molecule has 0 fully saturated rings. The molecule has 0 aliphatic carbocycles. The number of amides is 1. The molecule has 140 valence electrons. The van der Waals surface area contributed by atoms with Crippen molar-refractivity contribution in [3.8, 4) is 0 Å². The lowest BCUT2D eigenvalue weighted by molar-refractivity contribution is -0.116. The Morgan fingerprint density at radius 1 is 1.04 bits per heavy atom. The van der Waals surface area contributed by atoms with Gasteiger partial charge in [0.2, 0.25) is 15.9 Å². The second-order valence-corrected chi connectivity index (χ2v) is 8.85. The van der Waals surface area contributed by atoms with Crippen molar-refractivity contribution >= 4 is 50.5 Å². The van der Waals surface area contributed by atoms with Crippen LogP contribution >= 0.6 is 23.2 Å². The van der Waals surface area contributed by atoms with E-state index < -0.39 is 22.0 Å². The standard InChI is InChI=1S/C18H20Cl2N2O3S/c1-11-5-7-14(19)9-16(11)21-18(23)13(3)22(26(4,24)25)17-10-15(20)8-6-12(17)2/h5-10,13H,1-4H3,(H,21,23)/t13-/m1/s1. The molecule has 1 N–H and O–H groups in total. The van der Waals surface area contributed by atoms with E-state index in [1.807, 2.05) is 6.92 Å². The zero-order chi connectivity index (χ0) is 19.6. The summed E-state index contributed by atoms with van der Waals surface area (Å²) in [6.07, 6.45) is 1.06. The minimum absolute atomic E-state index is 0.366. The number of sulfonamides is 1. The highest BCUT2D eigenvalue weighted by Gasteiger charge is 2.30. The van der Waals surface area contributed by atoms with Gasteiger partial charge in [-0.3, -0.25) is 9.10 Å². The van der Waals surface area contributed by atoms with E-state index in [0.29, 0.717) is 27.0 Å². The number of carbonyl (C=O) groups excluding carboxylic acids is 1. The summed E-state index contributed by atoms with van der Waals surface area (Å²) in [6, 6.07) is 9.04. The minimum atomic E-state index is -3.72. The number of rotatable bonds is 5. The predicted molar refractivity (Wildman–Crippen MR) is 108 cm³/mol. The third-order valence-corrected chi connectivity index (χ3v) is 5.65. The van der Waals surface area contributed by atoms with Gasteiger partial charge in [-0.25, -0.2) is 8.42 Å². The molecule has 2 aromatic rings. The fourth-order valence-corrected chi connectivity index (χ4v) is 4.13. The number of nitrogens with zero attached hydrogens (tertiary/aromatic N) is 1. The van der Waals surface area contributed by atoms with Gasteiger partial charge in [0.05, 0.1) is 11.9 Å². The molecule has 0 unspecified atom stereocenters. The molecule has 0 heterocycles. The summed E-state index contributed by atoms with van der Waals surface area (Å²) in [4.78, 5) is 12.7. The summed E-state index contributed by atoms with van der Waals surface area (Å²) < 4.78 is 25.9. The smallest absolute Gasteiger partial charge is 0.248 e. The fraction of sp³-hybridized carbons (Fsp3) is 0.278. The van der Waals surface area contributed by atoms with Crippen molar-refractivity contribution in [1.29, 1.82) is 0 Å². The first-order chi connectivity index (χ1) is 12.0. The van der Waals surface area contributed by atoms with E-state index in [1.54, 1.807) is 37.3 Å². The van der Waals surface area contributed by atoms with E-state index in [9.17, 15) is 13.2 Å². The monoisotopic (exact) mass is 414 g/mol. The van der Waals surface area contributed by atoms with E-state index in [4.69, 9.17) is 23.2 Å². The van der Waals surface area contributed by atoms with Crippen LogP contribution in [0.25, 0.3) is 0 Å². The van der Waals surface area contributed by atoms with Crippen molar-refractivity contribution in [3.63, 3.8) is 0 Å². The highest BCUT2D eigenvalue weighted by atomic mass is 35.5. The minimum Gasteiger partial charge on any atom is -0.324 e. The molecule has 5 nitrogen and oxygen atoms in total. The van der Waals surface area contributed by atoms with Crippen LogP contribution in [0.4, 0.5) is 11.4 Å². The van der Waals surface area contributed by atoms with E-state index in [0.717, 1.165) is 16.1 Å². The van der Waals surface area contributed by atoms with Crippen LogP contribution in [0.5, 0.6) is 0 Å². The number of nitrogens with one attached hydrogen (secondary N) is 1. The Morgan fingerprint density at radius 3 is 2.15 bits per heavy atom. The number of hydrogen-bond donors (Lipinski definition) is 1. The fourth-order valence-electron chi connectivity index (χ4n) is 2.57. The third kappa shape index (κ3) is 4.69. The van der Waals surface area contributed by atoms with Crippen LogP contribution in [0.2, 0.25) is 10.0 Å². The normalized spacial score (nSPS) is 12.5. The molecule has 0 bridgehead atoms. The molecule has 0 aliphatic rings. The van der Waals surface area contributed by atoms with Crippen LogP contribution in [-0.2, 0) is 14.8 Å². The average molecular weight is 415 g/mol. The van der Waals surface area contributed by atoms with Crippen LogP contribution in [0.3, 0.4) is 0 Å². The SMILES string of the molecule is Cc1ccc(Cl)cc1NC(=O)[C@@H](C)N(c1cc(Cl)ccc1C)S(C)(=O)=O. The highest BCUT2D eigenvalue weighted by molar-refractivity contribution is 7.92. The topological polar surface area (TPSA) is 66.5 Å². The Hall–Kier alpha value is -1.76. The number of halogens is 2. The Balaban J connectivity index is 2.41. The lowest BCUT2D eigenvalue weighted by Gasteiger charge is -2.29. The molecule has 0 aromatic heterocycles. The molecule has 0 saturated carbocycles. The van der Waals surface area contributed by atoms with Crippen molar-refractivity contribution in [3.05, 3.63) is 57.6 Å². The molecule has 0 saturated heterocycles. The maximum Gasteiger partial charge on any atom is 0.248 e. The lowest BCUT2D eigenvalue weighted by Crippen LogP contribution is -2.45. The first kappa shape index (κ1) is 20.6. The molecular formula is C18H20Cl2N2O3S. The summed E-state index contributed by atoms with van der Waals surface area (Å²) in [5.41, 5.74) is 2.41. The van der Waals surface area contributed by atoms with Crippen LogP contribution in [0.15, 0.2) is 36.4 Å². The second-order valence-electron chi connectivity index (χ2n) is 6.11. The van der Waals surface area contributed by atoms with Gasteiger partial charge in [0, 0.05) is 15.7 Å². The zero-order valence-corrected chi connectivity index (χ0v) is 17.2. The molecule has 0 aliphatic heterocycles. The van der Waals surface area contributed by atoms with E-state index in [2.05, 4.69) is 5.32 Å². The molecular weight excluding hydrogens is 395 g/mol. The average Bonchev–Trinajstić information content (AvgIpc) is 2.53. The maximum absolute atomic E-state index is 12.7. The van der Waals surface area contributed by atoms with Crippen molar-refractivity contribution in [2.45, 2.75) is 26.8 Å². The summed E-state index contributed by atoms with van der Waals surface area (Å²) in [6.45, 7) is 5.11. The van der Waals surface area contributed by atoms with Crippen LogP contribution < -0.4 is 9.62 Å². The van der Waals surface area contributed by atoms with Gasteiger partial charge in [-0.15, -0.1) is 0 Å². The molecule has 1 amide bonds. The zero-order valence-electron chi connectivity index (χ0n) is 14.9. The van der Waals surface area contributed by atoms with Crippen molar-refractivity contribution in [2.24, 2.45) is 0 Å². The van der Waals surface area contributed by atoms with Gasteiger partial charge in [0.1, 0.15) is 6.04 Å². The number of carbonyl (C=O) groups is 1. The first-order valence-corrected chi connectivity index (χ1v) is 10.4. The summed E-state index contributed by atoms with van der Waals surface area (Å²) >= 11 is 12.0. The number of benzene rings is 2. The lowest BCUT2D eigenvalue weighted by atomic mass is 10.1. The van der Waals surface area contributed by atoms with Gasteiger partial charge >= 0.3 is 0 Å². The van der Waals surface area contributed by atoms with Crippen LogP contribution in [-0.4, -0.2) is 26.6 Å². The van der Waals surface area contributed by atoms with Gasteiger partial charge < -0.3 is 5.32 Å². The van der Waals surface area contributed by atoms with E-state index in [1.165, 1.54) is 13.0 Å². The van der Waals surface area contributed by atoms with Gasteiger partial charge in [0.25, 0.3) is 0 Å². The Labute approximate surface area is 164 Å². The van der Waals surface area contributed by atoms with Crippen LogP contribution in [0.1, 0.15) is 18.1 Å². The molecule has 8 heteroatoms. The molecule has 2 aromatic carbocycles. The molecule has 0 spiro atoms. The van der Waals surface area contributed by atoms with E-state index in [-0.39, 0.29) is 0 Å². The van der Waals surface area contributed by atoms with Crippen molar-refractivity contribution in [1.82, 2.24) is 0 Å². The Kier molecular flexibility index (Phi) is 6.21.